The van der Waals surface area contributed by atoms with Gasteiger partial charge in [0.1, 0.15) is 0 Å². The summed E-state index contributed by atoms with van der Waals surface area (Å²) in [5.41, 5.74) is 1.36. The first-order valence-corrected chi connectivity index (χ1v) is 5.80. The van der Waals surface area contributed by atoms with Crippen molar-refractivity contribution in [1.29, 1.82) is 0 Å². The lowest BCUT2D eigenvalue weighted by Gasteiger charge is -2.15. The molecule has 1 unspecified atom stereocenters. The molecule has 0 aromatic heterocycles. The van der Waals surface area contributed by atoms with Gasteiger partial charge in [-0.25, -0.2) is 0 Å². The van der Waals surface area contributed by atoms with Gasteiger partial charge in [-0.05, 0) is 24.5 Å². The van der Waals surface area contributed by atoms with Crippen molar-refractivity contribution >= 4 is 29.0 Å². The van der Waals surface area contributed by atoms with E-state index in [1.807, 2.05) is 6.92 Å². The van der Waals surface area contributed by atoms with Crippen molar-refractivity contribution in [1.82, 2.24) is 0 Å². The van der Waals surface area contributed by atoms with Gasteiger partial charge in [-0.3, -0.25) is 4.79 Å². The van der Waals surface area contributed by atoms with Gasteiger partial charge in [0, 0.05) is 10.6 Å². The fourth-order valence-corrected chi connectivity index (χ4v) is 1.83. The molecule has 3 heteroatoms. The molecule has 0 fully saturated rings. The number of rotatable bonds is 4. The molecule has 82 valence electrons. The van der Waals surface area contributed by atoms with E-state index in [0.717, 1.165) is 12.8 Å². The highest BCUT2D eigenvalue weighted by atomic mass is 35.5. The van der Waals surface area contributed by atoms with E-state index >= 15 is 0 Å². The minimum Gasteiger partial charge on any atom is -0.289 e. The van der Waals surface area contributed by atoms with Crippen LogP contribution in [0.25, 0.3) is 0 Å². The van der Waals surface area contributed by atoms with Crippen LogP contribution >= 0.6 is 23.2 Å². The minimum atomic E-state index is -0.273. The van der Waals surface area contributed by atoms with Crippen molar-refractivity contribution in [3.63, 3.8) is 0 Å². The van der Waals surface area contributed by atoms with Crippen LogP contribution in [0.4, 0.5) is 0 Å². The van der Waals surface area contributed by atoms with Crippen LogP contribution in [0.2, 0.25) is 0 Å². The molecule has 15 heavy (non-hydrogen) atoms. The zero-order chi connectivity index (χ0) is 11.4. The van der Waals surface area contributed by atoms with Gasteiger partial charge >= 0.3 is 0 Å². The number of carbonyl (C=O) groups excluding carboxylic acids is 1. The van der Waals surface area contributed by atoms with Gasteiger partial charge in [0.2, 0.25) is 0 Å². The van der Waals surface area contributed by atoms with Crippen molar-refractivity contribution in [3.8, 4) is 0 Å². The van der Waals surface area contributed by atoms with Gasteiger partial charge < -0.3 is 0 Å². The molecule has 1 nitrogen and oxygen atoms in total. The SMILES string of the molecule is C=C(CCC)C(=O)C1=CC=C(Cl)C(Cl)C1. The molecule has 0 spiro atoms. The summed E-state index contributed by atoms with van der Waals surface area (Å²) in [5.74, 6) is 0.0166. The first kappa shape index (κ1) is 12.5. The Morgan fingerprint density at radius 3 is 2.80 bits per heavy atom. The standard InChI is InChI=1S/C12H14Cl2O/c1-3-4-8(2)12(15)9-5-6-10(13)11(14)7-9/h5-6,11H,2-4,7H2,1H3. The third kappa shape index (κ3) is 3.22. The van der Waals surface area contributed by atoms with Gasteiger partial charge in [-0.15, -0.1) is 11.6 Å². The Bertz CT molecular complexity index is 340. The number of allylic oxidation sites excluding steroid dienone is 5. The molecule has 0 bridgehead atoms. The number of halogens is 2. The maximum Gasteiger partial charge on any atom is 0.184 e. The van der Waals surface area contributed by atoms with E-state index in [0.29, 0.717) is 22.6 Å². The average molecular weight is 245 g/mol. The number of hydrogen-bond acceptors (Lipinski definition) is 1. The van der Waals surface area contributed by atoms with Crippen molar-refractivity contribution in [2.75, 3.05) is 0 Å². The Balaban J connectivity index is 2.74. The van der Waals surface area contributed by atoms with Crippen molar-refractivity contribution < 1.29 is 4.79 Å². The van der Waals surface area contributed by atoms with E-state index in [1.54, 1.807) is 12.2 Å². The Labute approximate surface area is 100 Å². The van der Waals surface area contributed by atoms with Crippen molar-refractivity contribution in [3.05, 3.63) is 34.9 Å². The highest BCUT2D eigenvalue weighted by Gasteiger charge is 2.21. The molecule has 0 heterocycles. The molecular formula is C12H14Cl2O. The van der Waals surface area contributed by atoms with E-state index < -0.39 is 0 Å². The van der Waals surface area contributed by atoms with Gasteiger partial charge in [0.05, 0.1) is 5.38 Å². The molecule has 1 aliphatic rings. The van der Waals surface area contributed by atoms with Crippen LogP contribution in [-0.4, -0.2) is 11.2 Å². The average Bonchev–Trinajstić information content (AvgIpc) is 2.21. The molecular weight excluding hydrogens is 231 g/mol. The molecule has 0 radical (unpaired) electrons. The lowest BCUT2D eigenvalue weighted by atomic mass is 9.95. The van der Waals surface area contributed by atoms with E-state index in [4.69, 9.17) is 23.2 Å². The van der Waals surface area contributed by atoms with Crippen LogP contribution in [0.15, 0.2) is 34.9 Å². The smallest absolute Gasteiger partial charge is 0.184 e. The molecule has 0 N–H and O–H groups in total. The fraction of sp³-hybridized carbons (Fsp3) is 0.417. The van der Waals surface area contributed by atoms with Crippen molar-refractivity contribution in [2.45, 2.75) is 31.6 Å². The normalized spacial score (nSPS) is 20.6. The Hall–Kier alpha value is -0.530. The second kappa shape index (κ2) is 5.53. The quantitative estimate of drug-likeness (QED) is 0.541. The summed E-state index contributed by atoms with van der Waals surface area (Å²) in [6.45, 7) is 5.80. The van der Waals surface area contributed by atoms with Crippen LogP contribution in [0.1, 0.15) is 26.2 Å². The molecule has 0 saturated heterocycles. The fourth-order valence-electron chi connectivity index (χ4n) is 1.45. The van der Waals surface area contributed by atoms with Crippen molar-refractivity contribution in [2.24, 2.45) is 0 Å². The summed E-state index contributed by atoms with van der Waals surface area (Å²) in [6, 6.07) is 0. The van der Waals surface area contributed by atoms with Crippen LogP contribution in [0.3, 0.4) is 0 Å². The summed E-state index contributed by atoms with van der Waals surface area (Å²) in [5, 5.41) is 0.319. The summed E-state index contributed by atoms with van der Waals surface area (Å²) in [4.78, 5) is 11.8. The second-order valence-electron chi connectivity index (χ2n) is 3.60. The molecule has 1 aliphatic carbocycles. The molecule has 1 atom stereocenters. The third-order valence-electron chi connectivity index (χ3n) is 2.31. The summed E-state index contributed by atoms with van der Waals surface area (Å²) in [7, 11) is 0. The molecule has 0 amide bonds. The number of Topliss-reactive ketones (excluding diaryl/α,β-unsaturated/α-hetero) is 1. The monoisotopic (exact) mass is 244 g/mol. The topological polar surface area (TPSA) is 17.1 Å². The predicted molar refractivity (Wildman–Crippen MR) is 65.3 cm³/mol. The number of ketones is 1. The maximum atomic E-state index is 11.8. The lowest BCUT2D eigenvalue weighted by Crippen LogP contribution is -2.13. The number of hydrogen-bond donors (Lipinski definition) is 0. The lowest BCUT2D eigenvalue weighted by molar-refractivity contribution is -0.112. The van der Waals surface area contributed by atoms with Gasteiger partial charge in [0.25, 0.3) is 0 Å². The summed E-state index contributed by atoms with van der Waals surface area (Å²) in [6.07, 6.45) is 5.59. The van der Waals surface area contributed by atoms with Crippen LogP contribution in [0, 0.1) is 0 Å². The zero-order valence-corrected chi connectivity index (χ0v) is 10.2. The predicted octanol–water partition coefficient (Wildman–Crippen LogP) is 3.97. The first-order valence-electron chi connectivity index (χ1n) is 4.99. The van der Waals surface area contributed by atoms with Gasteiger partial charge in [0.15, 0.2) is 5.78 Å². The first-order chi connectivity index (χ1) is 7.06. The summed E-state index contributed by atoms with van der Waals surface area (Å²) >= 11 is 11.8. The highest BCUT2D eigenvalue weighted by Crippen LogP contribution is 2.28. The third-order valence-corrected chi connectivity index (χ3v) is 3.20. The highest BCUT2D eigenvalue weighted by molar-refractivity contribution is 6.38. The minimum absolute atomic E-state index is 0.0166. The Kier molecular flexibility index (Phi) is 4.62. The summed E-state index contributed by atoms with van der Waals surface area (Å²) < 4.78 is 0. The second-order valence-corrected chi connectivity index (χ2v) is 4.56. The Morgan fingerprint density at radius 1 is 1.60 bits per heavy atom. The van der Waals surface area contributed by atoms with Crippen LogP contribution < -0.4 is 0 Å². The van der Waals surface area contributed by atoms with Gasteiger partial charge in [-0.1, -0.05) is 37.6 Å². The van der Waals surface area contributed by atoms with Crippen LogP contribution in [-0.2, 0) is 4.79 Å². The van der Waals surface area contributed by atoms with Crippen LogP contribution in [0.5, 0.6) is 0 Å². The molecule has 0 aliphatic heterocycles. The Morgan fingerprint density at radius 2 is 2.27 bits per heavy atom. The van der Waals surface area contributed by atoms with E-state index in [2.05, 4.69) is 6.58 Å². The van der Waals surface area contributed by atoms with E-state index in [-0.39, 0.29) is 11.2 Å². The largest absolute Gasteiger partial charge is 0.289 e. The van der Waals surface area contributed by atoms with E-state index in [1.165, 1.54) is 0 Å². The zero-order valence-electron chi connectivity index (χ0n) is 8.72. The van der Waals surface area contributed by atoms with Gasteiger partial charge in [-0.2, -0.15) is 0 Å². The molecule has 0 aromatic carbocycles. The molecule has 0 saturated carbocycles. The number of alkyl halides is 1. The molecule has 0 aromatic rings. The maximum absolute atomic E-state index is 11.8. The number of carbonyl (C=O) groups is 1. The van der Waals surface area contributed by atoms with E-state index in [9.17, 15) is 4.79 Å². The molecule has 1 rings (SSSR count).